The fourth-order valence-corrected chi connectivity index (χ4v) is 3.28. The fourth-order valence-electron chi connectivity index (χ4n) is 2.53. The summed E-state index contributed by atoms with van der Waals surface area (Å²) >= 11 is 9.34. The standard InChI is InChI=1S/C22H20BrClN2O5/c1-4-30-20(27)12-31-21-17(23)8-14(9-19(21)29-3)7-15(11-25)22(28)26-18-10-16(24)6-5-13(18)2/h5-10H,4,12H2,1-3H3,(H,26,28)/b15-7+. The molecule has 0 saturated heterocycles. The Balaban J connectivity index is 2.28. The van der Waals surface area contributed by atoms with Crippen LogP contribution in [0.3, 0.4) is 0 Å². The highest BCUT2D eigenvalue weighted by atomic mass is 79.9. The molecule has 31 heavy (non-hydrogen) atoms. The third-order valence-corrected chi connectivity index (χ3v) is 4.84. The number of aryl methyl sites for hydroxylation is 1. The summed E-state index contributed by atoms with van der Waals surface area (Å²) in [5.41, 5.74) is 1.72. The molecule has 0 radical (unpaired) electrons. The minimum absolute atomic E-state index is 0.117. The van der Waals surface area contributed by atoms with Crippen molar-refractivity contribution in [3.05, 3.63) is 56.5 Å². The first kappa shape index (κ1) is 24.3. The molecule has 0 heterocycles. The first-order chi connectivity index (χ1) is 14.8. The second kappa shape index (κ2) is 11.4. The lowest BCUT2D eigenvalue weighted by molar-refractivity contribution is -0.145. The SMILES string of the molecule is CCOC(=O)COc1c(Br)cc(/C=C(\C#N)C(=O)Nc2cc(Cl)ccc2C)cc1OC. The van der Waals surface area contributed by atoms with Crippen LogP contribution in [0.15, 0.2) is 40.4 Å². The van der Waals surface area contributed by atoms with Crippen molar-refractivity contribution >= 4 is 51.2 Å². The van der Waals surface area contributed by atoms with Crippen LogP contribution in [0.5, 0.6) is 11.5 Å². The zero-order valence-corrected chi connectivity index (χ0v) is 19.5. The molecule has 0 fully saturated rings. The van der Waals surface area contributed by atoms with Crippen LogP contribution >= 0.6 is 27.5 Å². The highest BCUT2D eigenvalue weighted by molar-refractivity contribution is 9.10. The van der Waals surface area contributed by atoms with Gasteiger partial charge in [0.15, 0.2) is 18.1 Å². The number of benzene rings is 2. The van der Waals surface area contributed by atoms with Crippen molar-refractivity contribution in [2.75, 3.05) is 25.6 Å². The van der Waals surface area contributed by atoms with Crippen LogP contribution < -0.4 is 14.8 Å². The van der Waals surface area contributed by atoms with Crippen molar-refractivity contribution < 1.29 is 23.8 Å². The number of methoxy groups -OCH3 is 1. The molecule has 0 spiro atoms. The lowest BCUT2D eigenvalue weighted by Gasteiger charge is -2.13. The van der Waals surface area contributed by atoms with Crippen molar-refractivity contribution in [3.63, 3.8) is 0 Å². The van der Waals surface area contributed by atoms with Gasteiger partial charge in [0.25, 0.3) is 5.91 Å². The zero-order valence-electron chi connectivity index (χ0n) is 17.1. The minimum Gasteiger partial charge on any atom is -0.493 e. The van der Waals surface area contributed by atoms with Gasteiger partial charge in [-0.05, 0) is 71.2 Å². The van der Waals surface area contributed by atoms with Gasteiger partial charge in [0.2, 0.25) is 0 Å². The Morgan fingerprint density at radius 2 is 2.03 bits per heavy atom. The first-order valence-corrected chi connectivity index (χ1v) is 10.3. The molecule has 1 amide bonds. The smallest absolute Gasteiger partial charge is 0.344 e. The molecular weight excluding hydrogens is 488 g/mol. The maximum atomic E-state index is 12.6. The van der Waals surface area contributed by atoms with Crippen molar-refractivity contribution in [1.82, 2.24) is 0 Å². The van der Waals surface area contributed by atoms with E-state index < -0.39 is 11.9 Å². The van der Waals surface area contributed by atoms with Gasteiger partial charge in [-0.1, -0.05) is 17.7 Å². The van der Waals surface area contributed by atoms with Gasteiger partial charge in [-0.25, -0.2) is 4.79 Å². The molecule has 162 valence electrons. The maximum absolute atomic E-state index is 12.6. The van der Waals surface area contributed by atoms with Gasteiger partial charge in [0, 0.05) is 10.7 Å². The number of ether oxygens (including phenoxy) is 3. The van der Waals surface area contributed by atoms with Crippen molar-refractivity contribution in [1.29, 1.82) is 5.26 Å². The molecule has 0 bridgehead atoms. The van der Waals surface area contributed by atoms with E-state index in [1.165, 1.54) is 13.2 Å². The molecule has 2 rings (SSSR count). The first-order valence-electron chi connectivity index (χ1n) is 9.14. The monoisotopic (exact) mass is 506 g/mol. The predicted octanol–water partition coefficient (Wildman–Crippen LogP) is 4.91. The van der Waals surface area contributed by atoms with Crippen LogP contribution in [-0.2, 0) is 14.3 Å². The van der Waals surface area contributed by atoms with Crippen LogP contribution in [0.2, 0.25) is 5.02 Å². The van der Waals surface area contributed by atoms with E-state index in [0.717, 1.165) is 5.56 Å². The second-order valence-corrected chi connectivity index (χ2v) is 7.50. The van der Waals surface area contributed by atoms with Gasteiger partial charge in [0.1, 0.15) is 11.6 Å². The Kier molecular flexibility index (Phi) is 8.91. The van der Waals surface area contributed by atoms with E-state index in [1.54, 1.807) is 37.3 Å². The summed E-state index contributed by atoms with van der Waals surface area (Å²) in [6.07, 6.45) is 1.41. The molecule has 0 saturated carbocycles. The number of amides is 1. The molecule has 0 atom stereocenters. The van der Waals surface area contributed by atoms with E-state index in [4.69, 9.17) is 25.8 Å². The van der Waals surface area contributed by atoms with Gasteiger partial charge in [-0.3, -0.25) is 4.79 Å². The number of halogens is 2. The number of nitrogens with zero attached hydrogens (tertiary/aromatic N) is 1. The van der Waals surface area contributed by atoms with Crippen LogP contribution in [0.4, 0.5) is 5.69 Å². The van der Waals surface area contributed by atoms with Crippen LogP contribution in [0.25, 0.3) is 6.08 Å². The number of hydrogen-bond donors (Lipinski definition) is 1. The highest BCUT2D eigenvalue weighted by Crippen LogP contribution is 2.37. The van der Waals surface area contributed by atoms with E-state index in [9.17, 15) is 14.9 Å². The van der Waals surface area contributed by atoms with Crippen molar-refractivity contribution in [2.45, 2.75) is 13.8 Å². The van der Waals surface area contributed by atoms with Gasteiger partial charge in [0.05, 0.1) is 18.2 Å². The Bertz CT molecular complexity index is 1060. The molecule has 0 unspecified atom stereocenters. The fraction of sp³-hybridized carbons (Fsp3) is 0.227. The maximum Gasteiger partial charge on any atom is 0.344 e. The van der Waals surface area contributed by atoms with E-state index in [-0.39, 0.29) is 18.8 Å². The molecule has 0 aliphatic rings. The number of hydrogen-bond acceptors (Lipinski definition) is 6. The zero-order chi connectivity index (χ0) is 23.0. The van der Waals surface area contributed by atoms with Gasteiger partial charge in [-0.15, -0.1) is 0 Å². The quantitative estimate of drug-likeness (QED) is 0.310. The number of nitrogens with one attached hydrogen (secondary N) is 1. The molecule has 0 aliphatic carbocycles. The summed E-state index contributed by atoms with van der Waals surface area (Å²) in [5, 5.41) is 12.6. The summed E-state index contributed by atoms with van der Waals surface area (Å²) in [6, 6.07) is 10.2. The van der Waals surface area contributed by atoms with E-state index in [0.29, 0.717) is 32.2 Å². The summed E-state index contributed by atoms with van der Waals surface area (Å²) in [4.78, 5) is 24.1. The number of rotatable bonds is 8. The molecule has 9 heteroatoms. The molecule has 2 aromatic rings. The average molecular weight is 508 g/mol. The molecule has 1 N–H and O–H groups in total. The molecule has 2 aromatic carbocycles. The summed E-state index contributed by atoms with van der Waals surface area (Å²) in [5.74, 6) is -0.482. The van der Waals surface area contributed by atoms with Gasteiger partial charge < -0.3 is 19.5 Å². The Morgan fingerprint density at radius 1 is 1.29 bits per heavy atom. The van der Waals surface area contributed by atoms with Crippen molar-refractivity contribution in [2.24, 2.45) is 0 Å². The van der Waals surface area contributed by atoms with E-state index in [1.807, 2.05) is 13.0 Å². The minimum atomic E-state index is -0.578. The lowest BCUT2D eigenvalue weighted by Crippen LogP contribution is -2.15. The number of anilines is 1. The molecule has 0 aromatic heterocycles. The van der Waals surface area contributed by atoms with E-state index >= 15 is 0 Å². The summed E-state index contributed by atoms with van der Waals surface area (Å²) in [6.45, 7) is 3.48. The summed E-state index contributed by atoms with van der Waals surface area (Å²) in [7, 11) is 1.44. The highest BCUT2D eigenvalue weighted by Gasteiger charge is 2.16. The number of esters is 1. The molecule has 7 nitrogen and oxygen atoms in total. The van der Waals surface area contributed by atoms with Gasteiger partial charge >= 0.3 is 5.97 Å². The molecule has 0 aliphatic heterocycles. The number of carbonyl (C=O) groups excluding carboxylic acids is 2. The molecular formula is C22H20BrClN2O5. The topological polar surface area (TPSA) is 97.7 Å². The predicted molar refractivity (Wildman–Crippen MR) is 121 cm³/mol. The Labute approximate surface area is 193 Å². The average Bonchev–Trinajstić information content (AvgIpc) is 2.73. The third kappa shape index (κ3) is 6.74. The van der Waals surface area contributed by atoms with Crippen LogP contribution in [0.1, 0.15) is 18.1 Å². The van der Waals surface area contributed by atoms with Crippen molar-refractivity contribution in [3.8, 4) is 17.6 Å². The normalized spacial score (nSPS) is 10.8. The Hall–Kier alpha value is -3.02. The van der Waals surface area contributed by atoms with Crippen LogP contribution in [0, 0.1) is 18.3 Å². The largest absolute Gasteiger partial charge is 0.493 e. The number of carbonyl (C=O) groups is 2. The van der Waals surface area contributed by atoms with E-state index in [2.05, 4.69) is 21.2 Å². The lowest BCUT2D eigenvalue weighted by atomic mass is 10.1. The number of nitriles is 1. The second-order valence-electron chi connectivity index (χ2n) is 6.21. The van der Waals surface area contributed by atoms with Crippen LogP contribution in [-0.4, -0.2) is 32.2 Å². The van der Waals surface area contributed by atoms with Gasteiger partial charge in [-0.2, -0.15) is 5.26 Å². The summed E-state index contributed by atoms with van der Waals surface area (Å²) < 4.78 is 16.1. The Morgan fingerprint density at radius 3 is 2.68 bits per heavy atom. The third-order valence-electron chi connectivity index (χ3n) is 4.02.